The largest absolute Gasteiger partial charge is 0.480 e. The molecule has 0 unspecified atom stereocenters. The zero-order valence-corrected chi connectivity index (χ0v) is 12.5. The molecule has 0 bridgehead atoms. The number of β-amino-alcohol motifs (C(OH)–C–C–N with tert-alkyl or cyclic N) is 1. The fourth-order valence-electron chi connectivity index (χ4n) is 2.88. The van der Waals surface area contributed by atoms with Crippen LogP contribution in [0.5, 0.6) is 0 Å². The number of aryl methyl sites for hydroxylation is 2. The van der Waals surface area contributed by atoms with Gasteiger partial charge in [0.15, 0.2) is 0 Å². The molecule has 2 rings (SSSR count). The summed E-state index contributed by atoms with van der Waals surface area (Å²) in [4.78, 5) is 24.6. The Bertz CT molecular complexity index is 567. The highest BCUT2D eigenvalue weighted by Gasteiger charge is 2.38. The standard InChI is InChI=1S/C14H21N3O4/c1-8-11(9(2)16(3)15-8)4-5-13(19)17-7-10(18)6-12(17)14(20)21/h10,12,18H,4-7H2,1-3H3,(H,20,21)/t10-,12-/m0/s1. The Morgan fingerprint density at radius 2 is 2.05 bits per heavy atom. The third-order valence-electron chi connectivity index (χ3n) is 4.13. The molecule has 1 saturated heterocycles. The molecule has 2 atom stereocenters. The predicted molar refractivity (Wildman–Crippen MR) is 74.8 cm³/mol. The van der Waals surface area contributed by atoms with Crippen LogP contribution in [0.25, 0.3) is 0 Å². The van der Waals surface area contributed by atoms with E-state index in [1.165, 1.54) is 4.90 Å². The number of hydrogen-bond donors (Lipinski definition) is 2. The molecule has 0 saturated carbocycles. The number of carbonyl (C=O) groups is 2. The molecule has 0 aliphatic carbocycles. The maximum atomic E-state index is 12.2. The van der Waals surface area contributed by atoms with Gasteiger partial charge in [-0.15, -0.1) is 0 Å². The molecule has 0 spiro atoms. The van der Waals surface area contributed by atoms with Crippen molar-refractivity contribution in [2.45, 2.75) is 45.3 Å². The highest BCUT2D eigenvalue weighted by Crippen LogP contribution is 2.21. The van der Waals surface area contributed by atoms with Crippen molar-refractivity contribution in [3.63, 3.8) is 0 Å². The maximum absolute atomic E-state index is 12.2. The summed E-state index contributed by atoms with van der Waals surface area (Å²) < 4.78 is 1.77. The monoisotopic (exact) mass is 295 g/mol. The number of likely N-dealkylation sites (tertiary alicyclic amines) is 1. The van der Waals surface area contributed by atoms with Gasteiger partial charge < -0.3 is 15.1 Å². The fraction of sp³-hybridized carbons (Fsp3) is 0.643. The minimum atomic E-state index is -1.06. The van der Waals surface area contributed by atoms with Gasteiger partial charge >= 0.3 is 5.97 Å². The summed E-state index contributed by atoms with van der Waals surface area (Å²) in [6.45, 7) is 3.94. The van der Waals surface area contributed by atoms with Gasteiger partial charge in [0.05, 0.1) is 11.8 Å². The van der Waals surface area contributed by atoms with Crippen molar-refractivity contribution in [2.75, 3.05) is 6.54 Å². The zero-order valence-electron chi connectivity index (χ0n) is 12.5. The zero-order chi connectivity index (χ0) is 15.7. The number of aliphatic carboxylic acids is 1. The molecule has 1 aliphatic rings. The molecule has 1 fully saturated rings. The summed E-state index contributed by atoms with van der Waals surface area (Å²) in [6.07, 6.45) is 0.107. The van der Waals surface area contributed by atoms with Gasteiger partial charge in [-0.05, 0) is 25.8 Å². The number of carboxylic acids is 1. The van der Waals surface area contributed by atoms with Gasteiger partial charge in [-0.3, -0.25) is 9.48 Å². The Balaban J connectivity index is 2.03. The first kappa shape index (κ1) is 15.5. The van der Waals surface area contributed by atoms with Crippen LogP contribution in [0, 0.1) is 13.8 Å². The highest BCUT2D eigenvalue weighted by atomic mass is 16.4. The van der Waals surface area contributed by atoms with Gasteiger partial charge in [0.1, 0.15) is 6.04 Å². The molecule has 1 amide bonds. The maximum Gasteiger partial charge on any atom is 0.326 e. The van der Waals surface area contributed by atoms with E-state index in [9.17, 15) is 14.7 Å². The van der Waals surface area contributed by atoms with E-state index in [0.29, 0.717) is 6.42 Å². The van der Waals surface area contributed by atoms with E-state index in [4.69, 9.17) is 5.11 Å². The lowest BCUT2D eigenvalue weighted by Crippen LogP contribution is -2.40. The average molecular weight is 295 g/mol. The Hall–Kier alpha value is -1.89. The summed E-state index contributed by atoms with van der Waals surface area (Å²) in [7, 11) is 1.85. The van der Waals surface area contributed by atoms with E-state index in [2.05, 4.69) is 5.10 Å². The first-order valence-corrected chi connectivity index (χ1v) is 7.00. The van der Waals surface area contributed by atoms with Crippen LogP contribution >= 0.6 is 0 Å². The molecule has 1 aliphatic heterocycles. The van der Waals surface area contributed by atoms with Crippen molar-refractivity contribution < 1.29 is 19.8 Å². The van der Waals surface area contributed by atoms with Crippen LogP contribution in [-0.4, -0.2) is 55.5 Å². The highest BCUT2D eigenvalue weighted by molar-refractivity contribution is 5.84. The van der Waals surface area contributed by atoms with Crippen molar-refractivity contribution in [3.05, 3.63) is 17.0 Å². The van der Waals surface area contributed by atoms with Gasteiger partial charge in [-0.1, -0.05) is 0 Å². The number of aromatic nitrogens is 2. The third kappa shape index (κ3) is 3.07. The Morgan fingerprint density at radius 1 is 1.38 bits per heavy atom. The molecule has 1 aromatic heterocycles. The number of carboxylic acid groups (broad SMARTS) is 1. The van der Waals surface area contributed by atoms with Crippen molar-refractivity contribution in [3.8, 4) is 0 Å². The number of hydrogen-bond acceptors (Lipinski definition) is 4. The number of aliphatic hydroxyl groups excluding tert-OH is 1. The predicted octanol–water partition coefficient (Wildman–Crippen LogP) is 0.0159. The lowest BCUT2D eigenvalue weighted by atomic mass is 10.1. The molecule has 0 radical (unpaired) electrons. The number of rotatable bonds is 4. The van der Waals surface area contributed by atoms with E-state index < -0.39 is 18.1 Å². The normalized spacial score (nSPS) is 21.8. The molecule has 1 aromatic rings. The van der Waals surface area contributed by atoms with Crippen molar-refractivity contribution >= 4 is 11.9 Å². The first-order chi connectivity index (χ1) is 9.81. The molecule has 0 aromatic carbocycles. The Morgan fingerprint density at radius 3 is 2.57 bits per heavy atom. The van der Waals surface area contributed by atoms with Gasteiger partial charge in [0, 0.05) is 32.1 Å². The molecule has 2 N–H and O–H groups in total. The van der Waals surface area contributed by atoms with E-state index in [0.717, 1.165) is 17.0 Å². The second-order valence-electron chi connectivity index (χ2n) is 5.56. The van der Waals surface area contributed by atoms with Gasteiger partial charge in [-0.2, -0.15) is 5.10 Å². The number of nitrogens with zero attached hydrogens (tertiary/aromatic N) is 3. The summed E-state index contributed by atoms with van der Waals surface area (Å²) in [5, 5.41) is 23.0. The molecular formula is C14H21N3O4. The van der Waals surface area contributed by atoms with Crippen LogP contribution in [0.4, 0.5) is 0 Å². The minimum Gasteiger partial charge on any atom is -0.480 e. The van der Waals surface area contributed by atoms with Crippen LogP contribution in [0.2, 0.25) is 0 Å². The van der Waals surface area contributed by atoms with Gasteiger partial charge in [0.25, 0.3) is 0 Å². The number of carbonyl (C=O) groups excluding carboxylic acids is 1. The summed E-state index contributed by atoms with van der Waals surface area (Å²) in [5.41, 5.74) is 2.92. The lowest BCUT2D eigenvalue weighted by molar-refractivity contribution is -0.148. The van der Waals surface area contributed by atoms with E-state index >= 15 is 0 Å². The van der Waals surface area contributed by atoms with Crippen LogP contribution in [0.15, 0.2) is 0 Å². The van der Waals surface area contributed by atoms with Crippen LogP contribution < -0.4 is 0 Å². The topological polar surface area (TPSA) is 95.7 Å². The fourth-order valence-corrected chi connectivity index (χ4v) is 2.88. The van der Waals surface area contributed by atoms with Gasteiger partial charge in [0.2, 0.25) is 5.91 Å². The minimum absolute atomic E-state index is 0.0980. The quantitative estimate of drug-likeness (QED) is 0.816. The van der Waals surface area contributed by atoms with Crippen molar-refractivity contribution in [1.82, 2.24) is 14.7 Å². The lowest BCUT2D eigenvalue weighted by Gasteiger charge is -2.21. The molecule has 116 valence electrons. The molecular weight excluding hydrogens is 274 g/mol. The van der Waals surface area contributed by atoms with Crippen molar-refractivity contribution in [1.29, 1.82) is 0 Å². The van der Waals surface area contributed by atoms with E-state index in [-0.39, 0.29) is 25.3 Å². The third-order valence-corrected chi connectivity index (χ3v) is 4.13. The number of aliphatic hydroxyl groups is 1. The van der Waals surface area contributed by atoms with E-state index in [1.807, 2.05) is 20.9 Å². The second-order valence-corrected chi connectivity index (χ2v) is 5.56. The summed E-state index contributed by atoms with van der Waals surface area (Å²) >= 11 is 0. The van der Waals surface area contributed by atoms with Crippen LogP contribution in [0.1, 0.15) is 29.8 Å². The molecule has 7 nitrogen and oxygen atoms in total. The first-order valence-electron chi connectivity index (χ1n) is 7.00. The molecule has 21 heavy (non-hydrogen) atoms. The summed E-state index contributed by atoms with van der Waals surface area (Å²) in [5.74, 6) is -1.30. The number of amides is 1. The van der Waals surface area contributed by atoms with Gasteiger partial charge in [-0.25, -0.2) is 4.79 Å². The average Bonchev–Trinajstić information content (AvgIpc) is 2.90. The second kappa shape index (κ2) is 5.85. The molecule has 7 heteroatoms. The van der Waals surface area contributed by atoms with Crippen LogP contribution in [0.3, 0.4) is 0 Å². The van der Waals surface area contributed by atoms with Crippen molar-refractivity contribution in [2.24, 2.45) is 7.05 Å². The SMILES string of the molecule is Cc1nn(C)c(C)c1CCC(=O)N1C[C@@H](O)C[C@H]1C(=O)O. The van der Waals surface area contributed by atoms with E-state index in [1.54, 1.807) is 4.68 Å². The molecule has 2 heterocycles. The Kier molecular flexibility index (Phi) is 4.32. The van der Waals surface area contributed by atoms with Crippen LogP contribution in [-0.2, 0) is 23.1 Å². The smallest absolute Gasteiger partial charge is 0.326 e. The summed E-state index contributed by atoms with van der Waals surface area (Å²) in [6, 6.07) is -0.913. The Labute approximate surface area is 123 Å².